The van der Waals surface area contributed by atoms with Crippen LogP contribution in [0.15, 0.2) is 36.4 Å². The Balaban J connectivity index is 1.80. The first-order valence-electron chi connectivity index (χ1n) is 7.21. The molecule has 24 heavy (non-hydrogen) atoms. The number of benzene rings is 2. The van der Waals surface area contributed by atoms with Crippen LogP contribution < -0.4 is 24.8 Å². The molecule has 2 amide bonds. The van der Waals surface area contributed by atoms with Gasteiger partial charge in [-0.1, -0.05) is 0 Å². The van der Waals surface area contributed by atoms with Gasteiger partial charge in [-0.25, -0.2) is 0 Å². The Labute approximate surface area is 138 Å². The second-order valence-electron chi connectivity index (χ2n) is 5.07. The van der Waals surface area contributed by atoms with Gasteiger partial charge in [0.25, 0.3) is 11.8 Å². The van der Waals surface area contributed by atoms with Crippen LogP contribution in [0.25, 0.3) is 0 Å². The second kappa shape index (κ2) is 6.49. The monoisotopic (exact) mass is 328 g/mol. The van der Waals surface area contributed by atoms with E-state index in [0.29, 0.717) is 34.2 Å². The van der Waals surface area contributed by atoms with Gasteiger partial charge >= 0.3 is 0 Å². The highest BCUT2D eigenvalue weighted by Gasteiger charge is 2.18. The molecule has 7 nitrogen and oxygen atoms in total. The zero-order chi connectivity index (χ0) is 17.1. The molecular formula is C17H16N2O5. The Kier molecular flexibility index (Phi) is 4.24. The molecule has 0 bridgehead atoms. The first-order valence-corrected chi connectivity index (χ1v) is 7.21. The van der Waals surface area contributed by atoms with Crippen LogP contribution in [0, 0.1) is 0 Å². The van der Waals surface area contributed by atoms with Crippen LogP contribution in [0.2, 0.25) is 0 Å². The largest absolute Gasteiger partial charge is 0.493 e. The van der Waals surface area contributed by atoms with Gasteiger partial charge in [0.2, 0.25) is 0 Å². The number of carbonyl (C=O) groups is 2. The number of nitrogens with one attached hydrogen (secondary N) is 2. The molecule has 7 heteroatoms. The summed E-state index contributed by atoms with van der Waals surface area (Å²) in [7, 11) is 3.06. The summed E-state index contributed by atoms with van der Waals surface area (Å²) in [6.07, 6.45) is 0. The third-order valence-corrected chi connectivity index (χ3v) is 3.52. The normalized spacial score (nSPS) is 12.5. The molecule has 3 rings (SSSR count). The average molecular weight is 328 g/mol. The molecule has 0 fully saturated rings. The molecule has 0 aromatic heterocycles. The van der Waals surface area contributed by atoms with Gasteiger partial charge in [0.1, 0.15) is 5.75 Å². The van der Waals surface area contributed by atoms with Crippen molar-refractivity contribution in [1.29, 1.82) is 0 Å². The zero-order valence-corrected chi connectivity index (χ0v) is 13.2. The van der Waals surface area contributed by atoms with Crippen molar-refractivity contribution in [3.63, 3.8) is 0 Å². The van der Waals surface area contributed by atoms with Crippen LogP contribution in [0.5, 0.6) is 17.2 Å². The average Bonchev–Trinajstić information content (AvgIpc) is 2.60. The lowest BCUT2D eigenvalue weighted by molar-refractivity contribution is -0.118. The van der Waals surface area contributed by atoms with Crippen LogP contribution in [-0.4, -0.2) is 32.6 Å². The Hall–Kier alpha value is -3.22. The maximum Gasteiger partial charge on any atom is 0.262 e. The number of rotatable bonds is 4. The van der Waals surface area contributed by atoms with E-state index >= 15 is 0 Å². The molecule has 0 aliphatic carbocycles. The highest BCUT2D eigenvalue weighted by molar-refractivity contribution is 6.06. The molecule has 0 spiro atoms. The SMILES string of the molecule is COc1ccc(NC(=O)c2ccc3c(c2)NC(=O)CO3)cc1OC. The molecule has 124 valence electrons. The summed E-state index contributed by atoms with van der Waals surface area (Å²) in [5.41, 5.74) is 1.44. The molecule has 2 aromatic rings. The lowest BCUT2D eigenvalue weighted by Crippen LogP contribution is -2.25. The Morgan fingerprint density at radius 2 is 1.92 bits per heavy atom. The fraction of sp³-hybridized carbons (Fsp3) is 0.176. The summed E-state index contributed by atoms with van der Waals surface area (Å²) < 4.78 is 15.6. The van der Waals surface area contributed by atoms with Crippen molar-refractivity contribution in [2.75, 3.05) is 31.5 Å². The number of amides is 2. The van der Waals surface area contributed by atoms with Crippen LogP contribution >= 0.6 is 0 Å². The van der Waals surface area contributed by atoms with E-state index in [9.17, 15) is 9.59 Å². The predicted molar refractivity (Wildman–Crippen MR) is 88.1 cm³/mol. The number of fused-ring (bicyclic) bond motifs is 1. The van der Waals surface area contributed by atoms with E-state index in [1.807, 2.05) is 0 Å². The molecule has 1 heterocycles. The van der Waals surface area contributed by atoms with Crippen molar-refractivity contribution in [2.45, 2.75) is 0 Å². The Morgan fingerprint density at radius 3 is 2.67 bits per heavy atom. The number of methoxy groups -OCH3 is 2. The van der Waals surface area contributed by atoms with Crippen LogP contribution in [0.1, 0.15) is 10.4 Å². The van der Waals surface area contributed by atoms with Gasteiger partial charge in [0, 0.05) is 17.3 Å². The Bertz CT molecular complexity index is 804. The predicted octanol–water partition coefficient (Wildman–Crippen LogP) is 2.29. The molecule has 2 aromatic carbocycles. The summed E-state index contributed by atoms with van der Waals surface area (Å²) in [5.74, 6) is 1.06. The topological polar surface area (TPSA) is 85.9 Å². The maximum absolute atomic E-state index is 12.4. The molecule has 2 N–H and O–H groups in total. The number of anilines is 2. The standard InChI is InChI=1S/C17H16N2O5/c1-22-14-6-4-11(8-15(14)23-2)18-17(21)10-3-5-13-12(7-10)19-16(20)9-24-13/h3-8H,9H2,1-2H3,(H,18,21)(H,19,20). The molecule has 1 aliphatic rings. The molecule has 0 saturated heterocycles. The van der Waals surface area contributed by atoms with E-state index in [1.54, 1.807) is 43.5 Å². The van der Waals surface area contributed by atoms with Gasteiger partial charge in [0.05, 0.1) is 19.9 Å². The summed E-state index contributed by atoms with van der Waals surface area (Å²) in [5, 5.41) is 5.45. The summed E-state index contributed by atoms with van der Waals surface area (Å²) in [4.78, 5) is 23.8. The molecule has 1 aliphatic heterocycles. The third-order valence-electron chi connectivity index (χ3n) is 3.52. The summed E-state index contributed by atoms with van der Waals surface area (Å²) in [6.45, 7) is -0.0236. The molecule has 0 radical (unpaired) electrons. The maximum atomic E-state index is 12.4. The fourth-order valence-electron chi connectivity index (χ4n) is 2.34. The van der Waals surface area contributed by atoms with E-state index in [1.165, 1.54) is 7.11 Å². The van der Waals surface area contributed by atoms with Crippen molar-refractivity contribution < 1.29 is 23.8 Å². The van der Waals surface area contributed by atoms with E-state index in [4.69, 9.17) is 14.2 Å². The van der Waals surface area contributed by atoms with Gasteiger partial charge < -0.3 is 24.8 Å². The number of hydrogen-bond donors (Lipinski definition) is 2. The van der Waals surface area contributed by atoms with E-state index in [2.05, 4.69) is 10.6 Å². The quantitative estimate of drug-likeness (QED) is 0.899. The van der Waals surface area contributed by atoms with E-state index in [0.717, 1.165) is 0 Å². The highest BCUT2D eigenvalue weighted by atomic mass is 16.5. The van der Waals surface area contributed by atoms with Crippen LogP contribution in [0.4, 0.5) is 11.4 Å². The molecule has 0 atom stereocenters. The lowest BCUT2D eigenvalue weighted by Gasteiger charge is -2.18. The van der Waals surface area contributed by atoms with Gasteiger partial charge in [-0.3, -0.25) is 9.59 Å². The van der Waals surface area contributed by atoms with Gasteiger partial charge in [-0.05, 0) is 30.3 Å². The minimum atomic E-state index is -0.315. The lowest BCUT2D eigenvalue weighted by atomic mass is 10.1. The number of hydrogen-bond acceptors (Lipinski definition) is 5. The minimum absolute atomic E-state index is 0.0236. The Morgan fingerprint density at radius 1 is 1.12 bits per heavy atom. The van der Waals surface area contributed by atoms with Crippen molar-refractivity contribution in [3.05, 3.63) is 42.0 Å². The fourth-order valence-corrected chi connectivity index (χ4v) is 2.34. The van der Waals surface area contributed by atoms with Gasteiger partial charge in [0.15, 0.2) is 18.1 Å². The van der Waals surface area contributed by atoms with Crippen molar-refractivity contribution in [3.8, 4) is 17.2 Å². The van der Waals surface area contributed by atoms with Crippen LogP contribution in [0.3, 0.4) is 0 Å². The number of ether oxygens (including phenoxy) is 3. The zero-order valence-electron chi connectivity index (χ0n) is 13.2. The van der Waals surface area contributed by atoms with Crippen LogP contribution in [-0.2, 0) is 4.79 Å². The van der Waals surface area contributed by atoms with Gasteiger partial charge in [-0.15, -0.1) is 0 Å². The highest BCUT2D eigenvalue weighted by Crippen LogP contribution is 2.31. The molecule has 0 unspecified atom stereocenters. The second-order valence-corrected chi connectivity index (χ2v) is 5.07. The van der Waals surface area contributed by atoms with Crippen molar-refractivity contribution >= 4 is 23.2 Å². The van der Waals surface area contributed by atoms with E-state index < -0.39 is 0 Å². The minimum Gasteiger partial charge on any atom is -0.493 e. The summed E-state index contributed by atoms with van der Waals surface area (Å²) in [6, 6.07) is 9.94. The summed E-state index contributed by atoms with van der Waals surface area (Å²) >= 11 is 0. The van der Waals surface area contributed by atoms with Crippen molar-refractivity contribution in [1.82, 2.24) is 0 Å². The first kappa shape index (κ1) is 15.7. The number of carbonyl (C=O) groups excluding carboxylic acids is 2. The molecule has 0 saturated carbocycles. The van der Waals surface area contributed by atoms with Gasteiger partial charge in [-0.2, -0.15) is 0 Å². The van der Waals surface area contributed by atoms with Crippen molar-refractivity contribution in [2.24, 2.45) is 0 Å². The van der Waals surface area contributed by atoms with E-state index in [-0.39, 0.29) is 18.4 Å². The first-order chi connectivity index (χ1) is 11.6. The molecular weight excluding hydrogens is 312 g/mol. The smallest absolute Gasteiger partial charge is 0.262 e. The third kappa shape index (κ3) is 3.10.